The molecule has 1 aromatic heterocycles. The Morgan fingerprint density at radius 3 is 2.50 bits per heavy atom. The zero-order chi connectivity index (χ0) is 17.5. The summed E-state index contributed by atoms with van der Waals surface area (Å²) in [7, 11) is 0. The molecule has 2 amide bonds. The van der Waals surface area contributed by atoms with Crippen LogP contribution in [0.25, 0.3) is 0 Å². The summed E-state index contributed by atoms with van der Waals surface area (Å²) in [6.45, 7) is 3.90. The van der Waals surface area contributed by atoms with Crippen molar-refractivity contribution in [1.29, 1.82) is 0 Å². The molecule has 1 heterocycles. The van der Waals surface area contributed by atoms with Crippen molar-refractivity contribution in [2.75, 3.05) is 5.32 Å². The van der Waals surface area contributed by atoms with E-state index in [0.717, 1.165) is 6.42 Å². The van der Waals surface area contributed by atoms with Crippen molar-refractivity contribution in [3.8, 4) is 0 Å². The van der Waals surface area contributed by atoms with Crippen LogP contribution in [0, 0.1) is 5.92 Å². The molecular formula is C18H20ClN3O2. The van der Waals surface area contributed by atoms with Crippen molar-refractivity contribution in [3.63, 3.8) is 0 Å². The lowest BCUT2D eigenvalue weighted by atomic mass is 9.97. The number of benzene rings is 1. The van der Waals surface area contributed by atoms with E-state index in [1.54, 1.807) is 48.8 Å². The number of aromatic nitrogens is 1. The fourth-order valence-electron chi connectivity index (χ4n) is 2.18. The molecule has 24 heavy (non-hydrogen) atoms. The quantitative estimate of drug-likeness (QED) is 0.841. The second kappa shape index (κ2) is 8.45. The Balaban J connectivity index is 2.11. The number of halogens is 1. The van der Waals surface area contributed by atoms with Crippen LogP contribution < -0.4 is 10.6 Å². The van der Waals surface area contributed by atoms with Crippen molar-refractivity contribution < 1.29 is 9.59 Å². The monoisotopic (exact) mass is 345 g/mol. The zero-order valence-corrected chi connectivity index (χ0v) is 14.4. The Kier molecular flexibility index (Phi) is 6.32. The third-order valence-corrected chi connectivity index (χ3v) is 4.07. The standard InChI is InChI=1S/C18H20ClN3O2/c1-3-12(2)16(18(24)21-15-5-4-10-20-11-15)22-17(23)13-6-8-14(19)9-7-13/h4-12,16H,3H2,1-2H3,(H,21,24)(H,22,23)/t12-,16+/m0/s1. The number of carbonyl (C=O) groups excluding carboxylic acids is 2. The van der Waals surface area contributed by atoms with Crippen molar-refractivity contribution in [3.05, 3.63) is 59.4 Å². The highest BCUT2D eigenvalue weighted by atomic mass is 35.5. The van der Waals surface area contributed by atoms with Crippen molar-refractivity contribution in [2.45, 2.75) is 26.3 Å². The predicted molar refractivity (Wildman–Crippen MR) is 95.0 cm³/mol. The summed E-state index contributed by atoms with van der Waals surface area (Å²) in [5.74, 6) is -0.587. The van der Waals surface area contributed by atoms with Gasteiger partial charge in [0.2, 0.25) is 5.91 Å². The third kappa shape index (κ3) is 4.80. The lowest BCUT2D eigenvalue weighted by molar-refractivity contribution is -0.119. The minimum Gasteiger partial charge on any atom is -0.340 e. The van der Waals surface area contributed by atoms with Gasteiger partial charge in [0.05, 0.1) is 11.9 Å². The Bertz CT molecular complexity index is 689. The summed E-state index contributed by atoms with van der Waals surface area (Å²) < 4.78 is 0. The van der Waals surface area contributed by atoms with Gasteiger partial charge in [0.15, 0.2) is 0 Å². The molecule has 2 aromatic rings. The SMILES string of the molecule is CC[C@H](C)[C@@H](NC(=O)c1ccc(Cl)cc1)C(=O)Nc1cccnc1. The largest absolute Gasteiger partial charge is 0.340 e. The van der Waals surface area contributed by atoms with Crippen LogP contribution in [0.3, 0.4) is 0 Å². The Labute approximate surface area is 146 Å². The van der Waals surface area contributed by atoms with Crippen LogP contribution in [-0.2, 0) is 4.79 Å². The van der Waals surface area contributed by atoms with Crippen molar-refractivity contribution in [1.82, 2.24) is 10.3 Å². The third-order valence-electron chi connectivity index (χ3n) is 3.82. The number of nitrogens with zero attached hydrogens (tertiary/aromatic N) is 1. The number of pyridine rings is 1. The molecule has 2 N–H and O–H groups in total. The highest BCUT2D eigenvalue weighted by Gasteiger charge is 2.26. The van der Waals surface area contributed by atoms with Gasteiger partial charge >= 0.3 is 0 Å². The number of rotatable bonds is 6. The number of hydrogen-bond acceptors (Lipinski definition) is 3. The van der Waals surface area contributed by atoms with Gasteiger partial charge in [-0.1, -0.05) is 31.9 Å². The Morgan fingerprint density at radius 1 is 1.21 bits per heavy atom. The molecule has 2 atom stereocenters. The fraction of sp³-hybridized carbons (Fsp3) is 0.278. The average molecular weight is 346 g/mol. The van der Waals surface area contributed by atoms with E-state index in [1.807, 2.05) is 13.8 Å². The van der Waals surface area contributed by atoms with Gasteiger partial charge in [-0.3, -0.25) is 14.6 Å². The van der Waals surface area contributed by atoms with Crippen LogP contribution in [0.1, 0.15) is 30.6 Å². The Morgan fingerprint density at radius 2 is 1.92 bits per heavy atom. The number of carbonyl (C=O) groups is 2. The first-order chi connectivity index (χ1) is 11.5. The smallest absolute Gasteiger partial charge is 0.251 e. The van der Waals surface area contributed by atoms with Crippen molar-refractivity contribution in [2.24, 2.45) is 5.92 Å². The summed E-state index contributed by atoms with van der Waals surface area (Å²) in [5, 5.41) is 6.15. The van der Waals surface area contributed by atoms with Crippen LogP contribution in [0.5, 0.6) is 0 Å². The molecule has 2 rings (SSSR count). The first-order valence-corrected chi connectivity index (χ1v) is 8.16. The molecule has 0 bridgehead atoms. The minimum absolute atomic E-state index is 0.0158. The molecule has 126 valence electrons. The van der Waals surface area contributed by atoms with E-state index in [4.69, 9.17) is 11.6 Å². The second-order valence-electron chi connectivity index (χ2n) is 5.57. The molecule has 0 aliphatic carbocycles. The van der Waals surface area contributed by atoms with E-state index in [1.165, 1.54) is 0 Å². The van der Waals surface area contributed by atoms with Crippen LogP contribution in [0.2, 0.25) is 5.02 Å². The van der Waals surface area contributed by atoms with Crippen LogP contribution in [-0.4, -0.2) is 22.8 Å². The molecule has 6 heteroatoms. The topological polar surface area (TPSA) is 71.1 Å². The van der Waals surface area contributed by atoms with Crippen LogP contribution >= 0.6 is 11.6 Å². The summed E-state index contributed by atoms with van der Waals surface area (Å²) >= 11 is 5.83. The highest BCUT2D eigenvalue weighted by Crippen LogP contribution is 2.14. The summed E-state index contributed by atoms with van der Waals surface area (Å²) in [4.78, 5) is 28.9. The molecule has 5 nitrogen and oxygen atoms in total. The zero-order valence-electron chi connectivity index (χ0n) is 13.6. The van der Waals surface area contributed by atoms with Gasteiger partial charge in [0, 0.05) is 16.8 Å². The molecule has 0 aliphatic rings. The maximum Gasteiger partial charge on any atom is 0.251 e. The molecule has 1 aromatic carbocycles. The molecule has 0 aliphatic heterocycles. The minimum atomic E-state index is -0.640. The van der Waals surface area contributed by atoms with Gasteiger partial charge in [0.25, 0.3) is 5.91 Å². The maximum absolute atomic E-state index is 12.6. The van der Waals surface area contributed by atoms with Gasteiger partial charge < -0.3 is 10.6 Å². The van der Waals surface area contributed by atoms with E-state index in [-0.39, 0.29) is 17.7 Å². The van der Waals surface area contributed by atoms with Gasteiger partial charge in [-0.05, 0) is 42.3 Å². The number of amides is 2. The van der Waals surface area contributed by atoms with Gasteiger partial charge in [-0.15, -0.1) is 0 Å². The average Bonchev–Trinajstić information content (AvgIpc) is 2.60. The van der Waals surface area contributed by atoms with E-state index in [9.17, 15) is 9.59 Å². The summed E-state index contributed by atoms with van der Waals surface area (Å²) in [6.07, 6.45) is 3.95. The van der Waals surface area contributed by atoms with E-state index in [0.29, 0.717) is 16.3 Å². The summed E-state index contributed by atoms with van der Waals surface area (Å²) in [5.41, 5.74) is 1.05. The fourth-order valence-corrected chi connectivity index (χ4v) is 2.31. The first-order valence-electron chi connectivity index (χ1n) is 7.78. The molecular weight excluding hydrogens is 326 g/mol. The van der Waals surface area contributed by atoms with Gasteiger partial charge in [-0.2, -0.15) is 0 Å². The number of nitrogens with one attached hydrogen (secondary N) is 2. The van der Waals surface area contributed by atoms with Crippen LogP contribution in [0.15, 0.2) is 48.8 Å². The number of anilines is 1. The van der Waals surface area contributed by atoms with E-state index in [2.05, 4.69) is 15.6 Å². The molecule has 0 fully saturated rings. The maximum atomic E-state index is 12.6. The van der Waals surface area contributed by atoms with E-state index >= 15 is 0 Å². The molecule has 0 radical (unpaired) electrons. The molecule has 0 unspecified atom stereocenters. The lowest BCUT2D eigenvalue weighted by Gasteiger charge is -2.23. The normalized spacial score (nSPS) is 13.0. The van der Waals surface area contributed by atoms with E-state index < -0.39 is 6.04 Å². The van der Waals surface area contributed by atoms with Crippen molar-refractivity contribution >= 4 is 29.1 Å². The Hall–Kier alpha value is -2.40. The molecule has 0 spiro atoms. The highest BCUT2D eigenvalue weighted by molar-refractivity contribution is 6.30. The predicted octanol–water partition coefficient (Wildman–Crippen LogP) is 3.52. The van der Waals surface area contributed by atoms with Crippen LogP contribution in [0.4, 0.5) is 5.69 Å². The molecule has 0 saturated heterocycles. The summed E-state index contributed by atoms with van der Waals surface area (Å²) in [6, 6.07) is 9.39. The molecule has 0 saturated carbocycles. The van der Waals surface area contributed by atoms with Gasteiger partial charge in [-0.25, -0.2) is 0 Å². The second-order valence-corrected chi connectivity index (χ2v) is 6.01. The lowest BCUT2D eigenvalue weighted by Crippen LogP contribution is -2.47. The van der Waals surface area contributed by atoms with Gasteiger partial charge in [0.1, 0.15) is 6.04 Å². The number of hydrogen-bond donors (Lipinski definition) is 2. The first kappa shape index (κ1) is 17.9.